The van der Waals surface area contributed by atoms with E-state index < -0.39 is 0 Å². The SMILES string of the molecule is CCOc1ccc(C(=O)CCC(=O)N(C)Cc2ccccc2Br)cc1. The third-order valence-corrected chi connectivity index (χ3v) is 4.62. The van der Waals surface area contributed by atoms with E-state index in [1.165, 1.54) is 0 Å². The van der Waals surface area contributed by atoms with E-state index in [1.807, 2.05) is 31.2 Å². The number of rotatable bonds is 8. The quantitative estimate of drug-likeness (QED) is 0.610. The van der Waals surface area contributed by atoms with E-state index in [0.29, 0.717) is 18.7 Å². The highest BCUT2D eigenvalue weighted by Gasteiger charge is 2.14. The van der Waals surface area contributed by atoms with Gasteiger partial charge in [0.1, 0.15) is 5.75 Å². The molecule has 0 heterocycles. The summed E-state index contributed by atoms with van der Waals surface area (Å²) in [5, 5.41) is 0. The first-order valence-electron chi connectivity index (χ1n) is 8.24. The first-order valence-corrected chi connectivity index (χ1v) is 9.04. The molecule has 1 amide bonds. The molecule has 0 bridgehead atoms. The topological polar surface area (TPSA) is 46.6 Å². The fourth-order valence-corrected chi connectivity index (χ4v) is 2.84. The molecular formula is C20H22BrNO3. The monoisotopic (exact) mass is 403 g/mol. The number of Topliss-reactive ketones (excluding diaryl/α,β-unsaturated/α-hetero) is 1. The summed E-state index contributed by atoms with van der Waals surface area (Å²) in [5.41, 5.74) is 1.64. The van der Waals surface area contributed by atoms with Crippen LogP contribution in [0.5, 0.6) is 5.75 Å². The van der Waals surface area contributed by atoms with Crippen molar-refractivity contribution in [2.24, 2.45) is 0 Å². The third kappa shape index (κ3) is 5.71. The Morgan fingerprint density at radius 2 is 1.72 bits per heavy atom. The van der Waals surface area contributed by atoms with E-state index >= 15 is 0 Å². The van der Waals surface area contributed by atoms with Crippen LogP contribution >= 0.6 is 15.9 Å². The van der Waals surface area contributed by atoms with E-state index in [1.54, 1.807) is 36.2 Å². The average molecular weight is 404 g/mol. The van der Waals surface area contributed by atoms with Crippen molar-refractivity contribution in [1.82, 2.24) is 4.90 Å². The Morgan fingerprint density at radius 3 is 2.36 bits per heavy atom. The van der Waals surface area contributed by atoms with Crippen molar-refractivity contribution in [2.75, 3.05) is 13.7 Å². The number of carbonyl (C=O) groups excluding carboxylic acids is 2. The standard InChI is InChI=1S/C20H22BrNO3/c1-3-25-17-10-8-15(9-11-17)19(23)12-13-20(24)22(2)14-16-6-4-5-7-18(16)21/h4-11H,3,12-14H2,1-2H3. The van der Waals surface area contributed by atoms with Crippen molar-refractivity contribution in [3.8, 4) is 5.75 Å². The Balaban J connectivity index is 1.86. The number of ether oxygens (including phenoxy) is 1. The number of benzene rings is 2. The molecule has 0 fully saturated rings. The van der Waals surface area contributed by atoms with Crippen LogP contribution in [0.3, 0.4) is 0 Å². The van der Waals surface area contributed by atoms with Gasteiger partial charge in [0, 0.05) is 36.5 Å². The van der Waals surface area contributed by atoms with Gasteiger partial charge in [-0.25, -0.2) is 0 Å². The number of hydrogen-bond donors (Lipinski definition) is 0. The van der Waals surface area contributed by atoms with Crippen molar-refractivity contribution in [3.63, 3.8) is 0 Å². The van der Waals surface area contributed by atoms with Crippen molar-refractivity contribution in [1.29, 1.82) is 0 Å². The number of carbonyl (C=O) groups is 2. The second-order valence-corrected chi connectivity index (χ2v) is 6.58. The summed E-state index contributed by atoms with van der Waals surface area (Å²) < 4.78 is 6.33. The highest BCUT2D eigenvalue weighted by Crippen LogP contribution is 2.18. The fraction of sp³-hybridized carbons (Fsp3) is 0.300. The number of hydrogen-bond acceptors (Lipinski definition) is 3. The minimum atomic E-state index is -0.0463. The van der Waals surface area contributed by atoms with Gasteiger partial charge < -0.3 is 9.64 Å². The molecule has 0 aromatic heterocycles. The van der Waals surface area contributed by atoms with Gasteiger partial charge in [-0.2, -0.15) is 0 Å². The first kappa shape index (κ1) is 19.2. The largest absolute Gasteiger partial charge is 0.494 e. The van der Waals surface area contributed by atoms with Crippen LogP contribution in [0.1, 0.15) is 35.7 Å². The van der Waals surface area contributed by atoms with Gasteiger partial charge >= 0.3 is 0 Å². The molecule has 0 aliphatic carbocycles. The first-order chi connectivity index (χ1) is 12.0. The van der Waals surface area contributed by atoms with Gasteiger partial charge in [0.05, 0.1) is 6.61 Å². The Kier molecular flexibility index (Phi) is 7.19. The zero-order valence-corrected chi connectivity index (χ0v) is 16.1. The number of ketones is 1. The normalized spacial score (nSPS) is 10.4. The second-order valence-electron chi connectivity index (χ2n) is 5.72. The lowest BCUT2D eigenvalue weighted by molar-refractivity contribution is -0.130. The maximum atomic E-state index is 12.3. The summed E-state index contributed by atoms with van der Waals surface area (Å²) in [4.78, 5) is 26.2. The smallest absolute Gasteiger partial charge is 0.223 e. The van der Waals surface area contributed by atoms with Crippen molar-refractivity contribution >= 4 is 27.6 Å². The Labute approximate surface area is 156 Å². The predicted octanol–water partition coefficient (Wildman–Crippen LogP) is 4.47. The summed E-state index contributed by atoms with van der Waals surface area (Å²) in [6, 6.07) is 14.8. The summed E-state index contributed by atoms with van der Waals surface area (Å²) in [5.74, 6) is 0.657. The van der Waals surface area contributed by atoms with Gasteiger partial charge in [-0.05, 0) is 42.8 Å². The molecule has 2 rings (SSSR count). The maximum absolute atomic E-state index is 12.3. The molecule has 2 aromatic carbocycles. The molecule has 0 saturated carbocycles. The highest BCUT2D eigenvalue weighted by molar-refractivity contribution is 9.10. The lowest BCUT2D eigenvalue weighted by atomic mass is 10.1. The molecule has 25 heavy (non-hydrogen) atoms. The minimum absolute atomic E-state index is 0.0364. The summed E-state index contributed by atoms with van der Waals surface area (Å²) in [6.45, 7) is 3.01. The Bertz CT molecular complexity index is 728. The van der Waals surface area contributed by atoms with Crippen LogP contribution in [0.25, 0.3) is 0 Å². The summed E-state index contributed by atoms with van der Waals surface area (Å²) >= 11 is 3.48. The highest BCUT2D eigenvalue weighted by atomic mass is 79.9. The lowest BCUT2D eigenvalue weighted by Gasteiger charge is -2.18. The third-order valence-electron chi connectivity index (χ3n) is 3.84. The van der Waals surface area contributed by atoms with Crippen LogP contribution in [0, 0.1) is 0 Å². The fourth-order valence-electron chi connectivity index (χ4n) is 2.43. The molecule has 0 saturated heterocycles. The van der Waals surface area contributed by atoms with E-state index in [-0.39, 0.29) is 24.5 Å². The molecular weight excluding hydrogens is 382 g/mol. The van der Waals surface area contributed by atoms with Gasteiger partial charge in [0.2, 0.25) is 5.91 Å². The van der Waals surface area contributed by atoms with E-state index in [4.69, 9.17) is 4.74 Å². The number of halogens is 1. The van der Waals surface area contributed by atoms with Crippen LogP contribution in [0.15, 0.2) is 53.0 Å². The molecule has 0 aliphatic rings. The van der Waals surface area contributed by atoms with Crippen LogP contribution in [0.2, 0.25) is 0 Å². The van der Waals surface area contributed by atoms with Gasteiger partial charge in [-0.3, -0.25) is 9.59 Å². The zero-order chi connectivity index (χ0) is 18.2. The number of amides is 1. The van der Waals surface area contributed by atoms with E-state index in [9.17, 15) is 9.59 Å². The van der Waals surface area contributed by atoms with Crippen molar-refractivity contribution < 1.29 is 14.3 Å². The van der Waals surface area contributed by atoms with Crippen LogP contribution in [0.4, 0.5) is 0 Å². The van der Waals surface area contributed by atoms with E-state index in [2.05, 4.69) is 15.9 Å². The van der Waals surface area contributed by atoms with Gasteiger partial charge in [0.25, 0.3) is 0 Å². The minimum Gasteiger partial charge on any atom is -0.494 e. The molecule has 0 aliphatic heterocycles. The van der Waals surface area contributed by atoms with E-state index in [0.717, 1.165) is 15.8 Å². The van der Waals surface area contributed by atoms with Gasteiger partial charge in [0.15, 0.2) is 5.78 Å². The lowest BCUT2D eigenvalue weighted by Crippen LogP contribution is -2.26. The molecule has 2 aromatic rings. The van der Waals surface area contributed by atoms with Crippen molar-refractivity contribution in [3.05, 3.63) is 64.1 Å². The van der Waals surface area contributed by atoms with Crippen molar-refractivity contribution in [2.45, 2.75) is 26.3 Å². The van der Waals surface area contributed by atoms with Crippen LogP contribution in [-0.2, 0) is 11.3 Å². The molecule has 132 valence electrons. The van der Waals surface area contributed by atoms with Gasteiger partial charge in [-0.15, -0.1) is 0 Å². The summed E-state index contributed by atoms with van der Waals surface area (Å²) in [7, 11) is 1.75. The Morgan fingerprint density at radius 1 is 1.04 bits per heavy atom. The number of nitrogens with zero attached hydrogens (tertiary/aromatic N) is 1. The molecule has 0 radical (unpaired) electrons. The Hall–Kier alpha value is -2.14. The second kappa shape index (κ2) is 9.37. The molecule has 4 nitrogen and oxygen atoms in total. The molecule has 0 atom stereocenters. The van der Waals surface area contributed by atoms with Crippen LogP contribution < -0.4 is 4.74 Å². The zero-order valence-electron chi connectivity index (χ0n) is 14.5. The molecule has 0 N–H and O–H groups in total. The van der Waals surface area contributed by atoms with Gasteiger partial charge in [-0.1, -0.05) is 34.1 Å². The molecule has 0 spiro atoms. The summed E-state index contributed by atoms with van der Waals surface area (Å²) in [6.07, 6.45) is 0.403. The maximum Gasteiger partial charge on any atom is 0.223 e. The molecule has 5 heteroatoms. The predicted molar refractivity (Wildman–Crippen MR) is 102 cm³/mol. The average Bonchev–Trinajstić information content (AvgIpc) is 2.62. The molecule has 0 unspecified atom stereocenters. The van der Waals surface area contributed by atoms with Crippen LogP contribution in [-0.4, -0.2) is 30.2 Å².